The second-order valence-electron chi connectivity index (χ2n) is 5.99. The lowest BCUT2D eigenvalue weighted by atomic mass is 10.1. The molecule has 0 aromatic carbocycles. The van der Waals surface area contributed by atoms with Gasteiger partial charge in [-0.15, -0.1) is 0 Å². The molecule has 24 heavy (non-hydrogen) atoms. The first-order chi connectivity index (χ1) is 11.7. The zero-order chi connectivity index (χ0) is 17.0. The van der Waals surface area contributed by atoms with Gasteiger partial charge in [0.2, 0.25) is 0 Å². The van der Waals surface area contributed by atoms with Crippen LogP contribution in [0.15, 0.2) is 0 Å². The number of hydrogen-bond acceptors (Lipinski definition) is 8. The SMILES string of the molecule is O=C1OCC(CCCSCCSCCCC2COC(=O)OC2)CO1. The summed E-state index contributed by atoms with van der Waals surface area (Å²) in [5.41, 5.74) is 0. The number of ether oxygens (including phenoxy) is 4. The fourth-order valence-corrected chi connectivity index (χ4v) is 4.62. The van der Waals surface area contributed by atoms with Crippen molar-refractivity contribution in [1.82, 2.24) is 0 Å². The van der Waals surface area contributed by atoms with Gasteiger partial charge in [0.05, 0.1) is 0 Å². The summed E-state index contributed by atoms with van der Waals surface area (Å²) in [5, 5.41) is 0. The minimum absolute atomic E-state index is 0.362. The zero-order valence-electron chi connectivity index (χ0n) is 13.9. The molecule has 138 valence electrons. The average molecular weight is 379 g/mol. The molecule has 0 bridgehead atoms. The van der Waals surface area contributed by atoms with E-state index < -0.39 is 12.3 Å². The number of cyclic esters (lactones) is 4. The minimum atomic E-state index is -0.533. The van der Waals surface area contributed by atoms with Gasteiger partial charge in [-0.1, -0.05) is 0 Å². The number of carbonyl (C=O) groups excluding carboxylic acids is 2. The molecule has 0 aliphatic carbocycles. The van der Waals surface area contributed by atoms with Crippen LogP contribution in [0.3, 0.4) is 0 Å². The molecule has 0 unspecified atom stereocenters. The molecule has 0 aromatic heterocycles. The highest BCUT2D eigenvalue weighted by atomic mass is 32.2. The topological polar surface area (TPSA) is 71.1 Å². The van der Waals surface area contributed by atoms with Crippen LogP contribution >= 0.6 is 23.5 Å². The average Bonchev–Trinajstić information content (AvgIpc) is 2.60. The first-order valence-corrected chi connectivity index (χ1v) is 10.8. The van der Waals surface area contributed by atoms with E-state index in [-0.39, 0.29) is 0 Å². The minimum Gasteiger partial charge on any atom is -0.434 e. The fraction of sp³-hybridized carbons (Fsp3) is 0.875. The molecular weight excluding hydrogens is 352 g/mol. The summed E-state index contributed by atoms with van der Waals surface area (Å²) in [5.74, 6) is 5.36. The van der Waals surface area contributed by atoms with Crippen LogP contribution in [0.5, 0.6) is 0 Å². The lowest BCUT2D eigenvalue weighted by molar-refractivity contribution is -0.0146. The quantitative estimate of drug-likeness (QED) is 0.399. The van der Waals surface area contributed by atoms with Gasteiger partial charge >= 0.3 is 12.3 Å². The Hall–Kier alpha value is -0.760. The predicted octanol–water partition coefficient (Wildman–Crippen LogP) is 3.58. The molecule has 2 aliphatic heterocycles. The molecule has 0 saturated carbocycles. The van der Waals surface area contributed by atoms with Crippen molar-refractivity contribution >= 4 is 35.8 Å². The van der Waals surface area contributed by atoms with Crippen LogP contribution in [0, 0.1) is 11.8 Å². The molecule has 6 nitrogen and oxygen atoms in total. The van der Waals surface area contributed by atoms with Crippen molar-refractivity contribution in [1.29, 1.82) is 0 Å². The number of carbonyl (C=O) groups is 2. The highest BCUT2D eigenvalue weighted by Crippen LogP contribution is 2.18. The summed E-state index contributed by atoms with van der Waals surface area (Å²) >= 11 is 3.96. The molecule has 0 amide bonds. The molecule has 0 N–H and O–H groups in total. The van der Waals surface area contributed by atoms with Gasteiger partial charge in [-0.05, 0) is 37.2 Å². The van der Waals surface area contributed by atoms with Gasteiger partial charge in [-0.25, -0.2) is 9.59 Å². The Morgan fingerprint density at radius 3 is 1.42 bits per heavy atom. The molecule has 8 heteroatoms. The van der Waals surface area contributed by atoms with E-state index in [0.29, 0.717) is 38.3 Å². The van der Waals surface area contributed by atoms with E-state index in [1.807, 2.05) is 23.5 Å². The lowest BCUT2D eigenvalue weighted by Crippen LogP contribution is -2.27. The molecule has 2 heterocycles. The Morgan fingerprint density at radius 2 is 1.04 bits per heavy atom. The Morgan fingerprint density at radius 1 is 0.667 bits per heavy atom. The normalized spacial score (nSPS) is 19.3. The second kappa shape index (κ2) is 11.7. The highest BCUT2D eigenvalue weighted by Gasteiger charge is 2.21. The monoisotopic (exact) mass is 378 g/mol. The molecule has 0 radical (unpaired) electrons. The van der Waals surface area contributed by atoms with Crippen LogP contribution in [0.1, 0.15) is 25.7 Å². The summed E-state index contributed by atoms with van der Waals surface area (Å²) in [4.78, 5) is 21.5. The van der Waals surface area contributed by atoms with Gasteiger partial charge in [0.25, 0.3) is 0 Å². The molecule has 2 rings (SSSR count). The van der Waals surface area contributed by atoms with E-state index in [4.69, 9.17) is 18.9 Å². The molecule has 2 fully saturated rings. The van der Waals surface area contributed by atoms with Crippen LogP contribution in [-0.2, 0) is 18.9 Å². The van der Waals surface area contributed by atoms with Crippen LogP contribution in [0.25, 0.3) is 0 Å². The van der Waals surface area contributed by atoms with E-state index in [0.717, 1.165) is 37.2 Å². The van der Waals surface area contributed by atoms with Gasteiger partial charge in [0, 0.05) is 23.3 Å². The van der Waals surface area contributed by atoms with Gasteiger partial charge in [0.15, 0.2) is 0 Å². The Kier molecular flexibility index (Phi) is 9.57. The van der Waals surface area contributed by atoms with Crippen LogP contribution in [0.2, 0.25) is 0 Å². The Balaban J connectivity index is 1.31. The number of hydrogen-bond donors (Lipinski definition) is 0. The van der Waals surface area contributed by atoms with Gasteiger partial charge < -0.3 is 18.9 Å². The number of rotatable bonds is 11. The highest BCUT2D eigenvalue weighted by molar-refractivity contribution is 8.02. The molecule has 0 aromatic rings. The zero-order valence-corrected chi connectivity index (χ0v) is 15.5. The van der Waals surface area contributed by atoms with E-state index in [2.05, 4.69) is 0 Å². The summed E-state index contributed by atoms with van der Waals surface area (Å²) < 4.78 is 19.5. The maximum absolute atomic E-state index is 10.8. The van der Waals surface area contributed by atoms with Crippen molar-refractivity contribution < 1.29 is 28.5 Å². The van der Waals surface area contributed by atoms with E-state index in [1.165, 1.54) is 11.5 Å². The third-order valence-electron chi connectivity index (χ3n) is 3.92. The smallest absolute Gasteiger partial charge is 0.434 e. The maximum atomic E-state index is 10.8. The van der Waals surface area contributed by atoms with Crippen molar-refractivity contribution in [2.45, 2.75) is 25.7 Å². The van der Waals surface area contributed by atoms with Gasteiger partial charge in [-0.3, -0.25) is 0 Å². The first-order valence-electron chi connectivity index (χ1n) is 8.48. The van der Waals surface area contributed by atoms with E-state index in [1.54, 1.807) is 0 Å². The van der Waals surface area contributed by atoms with Crippen molar-refractivity contribution in [3.05, 3.63) is 0 Å². The predicted molar refractivity (Wildman–Crippen MR) is 94.7 cm³/mol. The summed E-state index contributed by atoms with van der Waals surface area (Å²) in [7, 11) is 0. The molecule has 0 atom stereocenters. The Bertz CT molecular complexity index is 337. The second-order valence-corrected chi connectivity index (χ2v) is 8.43. The van der Waals surface area contributed by atoms with Crippen LogP contribution in [-0.4, -0.2) is 61.7 Å². The maximum Gasteiger partial charge on any atom is 0.508 e. The molecule has 0 spiro atoms. The molecule has 2 saturated heterocycles. The van der Waals surface area contributed by atoms with Crippen molar-refractivity contribution in [2.24, 2.45) is 11.8 Å². The lowest BCUT2D eigenvalue weighted by Gasteiger charge is -2.21. The third-order valence-corrected chi connectivity index (χ3v) is 6.32. The first kappa shape index (κ1) is 19.6. The van der Waals surface area contributed by atoms with E-state index >= 15 is 0 Å². The van der Waals surface area contributed by atoms with Crippen molar-refractivity contribution in [3.8, 4) is 0 Å². The summed E-state index contributed by atoms with van der Waals surface area (Å²) in [6, 6.07) is 0. The number of thioether (sulfide) groups is 2. The van der Waals surface area contributed by atoms with Crippen molar-refractivity contribution in [2.75, 3.05) is 49.4 Å². The van der Waals surface area contributed by atoms with Gasteiger partial charge in [-0.2, -0.15) is 23.5 Å². The summed E-state index contributed by atoms with van der Waals surface area (Å²) in [6.07, 6.45) is 3.33. The fourth-order valence-electron chi connectivity index (χ4n) is 2.53. The van der Waals surface area contributed by atoms with Crippen LogP contribution in [0.4, 0.5) is 9.59 Å². The van der Waals surface area contributed by atoms with Crippen LogP contribution < -0.4 is 0 Å². The molecular formula is C16H26O6S2. The molecule has 2 aliphatic rings. The van der Waals surface area contributed by atoms with Gasteiger partial charge in [0.1, 0.15) is 26.4 Å². The van der Waals surface area contributed by atoms with E-state index in [9.17, 15) is 9.59 Å². The van der Waals surface area contributed by atoms with Crippen molar-refractivity contribution in [3.63, 3.8) is 0 Å². The standard InChI is InChI=1S/C16H26O6S2/c17-15-19-9-13(10-20-15)3-1-5-23-7-8-24-6-2-4-14-11-21-16(18)22-12-14/h13-14H,1-12H2. The largest absolute Gasteiger partial charge is 0.508 e. The Labute approximate surface area is 151 Å². The third kappa shape index (κ3) is 8.37. The summed E-state index contributed by atoms with van der Waals surface area (Å²) in [6.45, 7) is 2.02.